The molecular weight excluding hydrogens is 292 g/mol. The number of hydrogen-bond acceptors (Lipinski definition) is 5. The molecule has 0 bridgehead atoms. The molecule has 1 rings (SSSR count). The van der Waals surface area contributed by atoms with E-state index in [2.05, 4.69) is 10.0 Å². The van der Waals surface area contributed by atoms with Crippen molar-refractivity contribution in [3.8, 4) is 5.75 Å². The Labute approximate surface area is 126 Å². The Morgan fingerprint density at radius 2 is 1.67 bits per heavy atom. The van der Waals surface area contributed by atoms with Crippen molar-refractivity contribution in [2.45, 2.75) is 18.7 Å². The van der Waals surface area contributed by atoms with Gasteiger partial charge in [-0.15, -0.1) is 0 Å². The maximum atomic E-state index is 12.2. The smallest absolute Gasteiger partial charge is 0.240 e. The van der Waals surface area contributed by atoms with E-state index >= 15 is 0 Å². The molecule has 0 saturated heterocycles. The minimum atomic E-state index is -3.50. The maximum absolute atomic E-state index is 12.2. The highest BCUT2D eigenvalue weighted by Crippen LogP contribution is 2.26. The van der Waals surface area contributed by atoms with Crippen LogP contribution in [0.2, 0.25) is 0 Å². The van der Waals surface area contributed by atoms with E-state index in [9.17, 15) is 8.42 Å². The van der Waals surface area contributed by atoms with Crippen LogP contribution in [0.25, 0.3) is 0 Å². The van der Waals surface area contributed by atoms with Gasteiger partial charge < -0.3 is 14.8 Å². The molecule has 0 radical (unpaired) electrons. The summed E-state index contributed by atoms with van der Waals surface area (Å²) < 4.78 is 37.1. The van der Waals surface area contributed by atoms with Crippen molar-refractivity contribution in [1.82, 2.24) is 10.0 Å². The van der Waals surface area contributed by atoms with Gasteiger partial charge in [0.05, 0.1) is 18.6 Å². The normalized spacial score (nSPS) is 11.6. The molecule has 1 aromatic rings. The number of aryl methyl sites for hydroxylation is 2. The van der Waals surface area contributed by atoms with E-state index in [1.165, 1.54) is 0 Å². The lowest BCUT2D eigenvalue weighted by Crippen LogP contribution is -2.33. The van der Waals surface area contributed by atoms with Crippen molar-refractivity contribution in [1.29, 1.82) is 0 Å². The third-order valence-corrected chi connectivity index (χ3v) is 4.47. The van der Waals surface area contributed by atoms with E-state index in [1.54, 1.807) is 26.4 Å². The molecule has 1 aromatic carbocycles. The molecule has 0 atom stereocenters. The van der Waals surface area contributed by atoms with Gasteiger partial charge in [-0.3, -0.25) is 0 Å². The highest BCUT2D eigenvalue weighted by Gasteiger charge is 2.16. The molecule has 0 saturated carbocycles. The van der Waals surface area contributed by atoms with E-state index in [0.29, 0.717) is 26.2 Å². The second kappa shape index (κ2) is 8.33. The van der Waals surface area contributed by atoms with E-state index in [4.69, 9.17) is 9.47 Å². The van der Waals surface area contributed by atoms with Crippen molar-refractivity contribution < 1.29 is 17.9 Å². The topological polar surface area (TPSA) is 76.7 Å². The van der Waals surface area contributed by atoms with E-state index in [1.807, 2.05) is 13.8 Å². The van der Waals surface area contributed by atoms with Gasteiger partial charge in [0, 0.05) is 26.7 Å². The highest BCUT2D eigenvalue weighted by molar-refractivity contribution is 7.89. The minimum absolute atomic E-state index is 0.259. The first-order valence-electron chi connectivity index (χ1n) is 6.77. The molecule has 0 aliphatic carbocycles. The summed E-state index contributed by atoms with van der Waals surface area (Å²) in [5.74, 6) is 0.718. The van der Waals surface area contributed by atoms with Crippen LogP contribution in [-0.2, 0) is 14.8 Å². The lowest BCUT2D eigenvalue weighted by atomic mass is 10.1. The van der Waals surface area contributed by atoms with Crippen LogP contribution >= 0.6 is 0 Å². The summed E-state index contributed by atoms with van der Waals surface area (Å²) in [7, 11) is -0.299. The number of rotatable bonds is 9. The lowest BCUT2D eigenvalue weighted by molar-refractivity contribution is 0.199. The average molecular weight is 316 g/mol. The largest absolute Gasteiger partial charge is 0.496 e. The van der Waals surface area contributed by atoms with Crippen molar-refractivity contribution in [3.63, 3.8) is 0 Å². The molecule has 120 valence electrons. The molecule has 0 aromatic heterocycles. The van der Waals surface area contributed by atoms with E-state index in [0.717, 1.165) is 16.9 Å². The first-order chi connectivity index (χ1) is 9.92. The zero-order valence-corrected chi connectivity index (χ0v) is 13.8. The maximum Gasteiger partial charge on any atom is 0.240 e. The number of methoxy groups -OCH3 is 2. The minimum Gasteiger partial charge on any atom is -0.496 e. The van der Waals surface area contributed by atoms with Crippen molar-refractivity contribution >= 4 is 10.0 Å². The Kier molecular flexibility index (Phi) is 7.10. The third-order valence-electron chi connectivity index (χ3n) is 3.03. The zero-order valence-electron chi connectivity index (χ0n) is 13.0. The second-order valence-electron chi connectivity index (χ2n) is 4.73. The van der Waals surface area contributed by atoms with Crippen LogP contribution in [0.15, 0.2) is 17.0 Å². The van der Waals surface area contributed by atoms with Crippen LogP contribution in [0.1, 0.15) is 11.1 Å². The fraction of sp³-hybridized carbons (Fsp3) is 0.571. The summed E-state index contributed by atoms with van der Waals surface area (Å²) in [6.07, 6.45) is 0. The van der Waals surface area contributed by atoms with Gasteiger partial charge in [0.2, 0.25) is 10.0 Å². The number of sulfonamides is 1. The molecule has 0 aliphatic heterocycles. The molecule has 0 unspecified atom stereocenters. The van der Waals surface area contributed by atoms with E-state index in [-0.39, 0.29) is 4.90 Å². The highest BCUT2D eigenvalue weighted by atomic mass is 32.2. The SMILES string of the molecule is COCCNCCNS(=O)(=O)c1cc(C)c(OC)c(C)c1. The molecule has 2 N–H and O–H groups in total. The van der Waals surface area contributed by atoms with Crippen molar-refractivity contribution in [2.75, 3.05) is 40.5 Å². The van der Waals surface area contributed by atoms with Crippen LogP contribution in [0, 0.1) is 13.8 Å². The van der Waals surface area contributed by atoms with Gasteiger partial charge in [-0.25, -0.2) is 13.1 Å². The van der Waals surface area contributed by atoms with Gasteiger partial charge in [0.1, 0.15) is 5.75 Å². The Morgan fingerprint density at radius 3 is 2.19 bits per heavy atom. The summed E-state index contributed by atoms with van der Waals surface area (Å²) in [4.78, 5) is 0.259. The van der Waals surface area contributed by atoms with Gasteiger partial charge in [-0.05, 0) is 37.1 Å². The monoisotopic (exact) mass is 316 g/mol. The van der Waals surface area contributed by atoms with Crippen LogP contribution in [0.5, 0.6) is 5.75 Å². The summed E-state index contributed by atoms with van der Waals surface area (Å²) in [5.41, 5.74) is 1.60. The zero-order chi connectivity index (χ0) is 15.9. The van der Waals surface area contributed by atoms with Crippen molar-refractivity contribution in [2.24, 2.45) is 0 Å². The number of hydrogen-bond donors (Lipinski definition) is 2. The quantitative estimate of drug-likeness (QED) is 0.660. The molecule has 0 aliphatic rings. The van der Waals surface area contributed by atoms with Crippen LogP contribution in [-0.4, -0.2) is 48.9 Å². The van der Waals surface area contributed by atoms with Gasteiger partial charge in [0.15, 0.2) is 0 Å². The molecule has 0 amide bonds. The first-order valence-corrected chi connectivity index (χ1v) is 8.25. The fourth-order valence-corrected chi connectivity index (χ4v) is 3.25. The Morgan fingerprint density at radius 1 is 1.05 bits per heavy atom. The van der Waals surface area contributed by atoms with Gasteiger partial charge >= 0.3 is 0 Å². The average Bonchev–Trinajstić information content (AvgIpc) is 2.42. The Balaban J connectivity index is 2.66. The van der Waals surface area contributed by atoms with Crippen LogP contribution < -0.4 is 14.8 Å². The van der Waals surface area contributed by atoms with Crippen LogP contribution in [0.4, 0.5) is 0 Å². The summed E-state index contributed by atoms with van der Waals surface area (Å²) >= 11 is 0. The summed E-state index contributed by atoms with van der Waals surface area (Å²) in [6.45, 7) is 5.84. The predicted molar refractivity (Wildman–Crippen MR) is 82.4 cm³/mol. The number of benzene rings is 1. The van der Waals surface area contributed by atoms with E-state index < -0.39 is 10.0 Å². The molecule has 0 fully saturated rings. The number of nitrogens with one attached hydrogen (secondary N) is 2. The Bertz CT molecular complexity index is 535. The van der Waals surface area contributed by atoms with Crippen molar-refractivity contribution in [3.05, 3.63) is 23.3 Å². The molecule has 7 heteroatoms. The molecule has 0 heterocycles. The fourth-order valence-electron chi connectivity index (χ4n) is 2.04. The van der Waals surface area contributed by atoms with Gasteiger partial charge in [-0.2, -0.15) is 0 Å². The first kappa shape index (κ1) is 17.9. The standard InChI is InChI=1S/C14H24N2O4S/c1-11-9-13(10-12(2)14(11)20-4)21(17,18)16-6-5-15-7-8-19-3/h9-10,15-16H,5-8H2,1-4H3. The third kappa shape index (κ3) is 5.28. The molecule has 6 nitrogen and oxygen atoms in total. The second-order valence-corrected chi connectivity index (χ2v) is 6.50. The molecular formula is C14H24N2O4S. The van der Waals surface area contributed by atoms with Crippen LogP contribution in [0.3, 0.4) is 0 Å². The molecule has 0 spiro atoms. The summed E-state index contributed by atoms with van der Waals surface area (Å²) in [5, 5.41) is 3.08. The number of ether oxygens (including phenoxy) is 2. The summed E-state index contributed by atoms with van der Waals surface area (Å²) in [6, 6.07) is 3.24. The Hall–Kier alpha value is -1.15. The predicted octanol–water partition coefficient (Wildman–Crippen LogP) is 0.826. The van der Waals surface area contributed by atoms with Gasteiger partial charge in [0.25, 0.3) is 0 Å². The molecule has 21 heavy (non-hydrogen) atoms. The lowest BCUT2D eigenvalue weighted by Gasteiger charge is -2.12. The van der Waals surface area contributed by atoms with Gasteiger partial charge in [-0.1, -0.05) is 0 Å².